The highest BCUT2D eigenvalue weighted by Crippen LogP contribution is 2.17. The van der Waals surface area contributed by atoms with Crippen molar-refractivity contribution in [2.75, 3.05) is 47.5 Å². The van der Waals surface area contributed by atoms with Crippen molar-refractivity contribution in [3.8, 4) is 0 Å². The number of carboxylic acids is 1. The molecule has 0 aliphatic heterocycles. The molecule has 9 heteroatoms. The van der Waals surface area contributed by atoms with E-state index in [9.17, 15) is 19.5 Å². The number of carbonyl (C=O) groups excluding carboxylic acids is 3. The number of hydrogen-bond donors (Lipinski definition) is 0. The van der Waals surface area contributed by atoms with E-state index >= 15 is 0 Å². The van der Waals surface area contributed by atoms with Crippen LogP contribution in [0, 0.1) is 0 Å². The first-order chi connectivity index (χ1) is 37.6. The van der Waals surface area contributed by atoms with Gasteiger partial charge in [0, 0.05) is 12.8 Å². The highest BCUT2D eigenvalue weighted by Gasteiger charge is 2.22. The average Bonchev–Trinajstić information content (AvgIpc) is 3.40. The number of esters is 2. The molecule has 0 aliphatic carbocycles. The number of likely N-dealkylation sites (N-methyl/N-ethyl adjacent to an activating group) is 1. The Morgan fingerprint density at radius 1 is 0.403 bits per heavy atom. The van der Waals surface area contributed by atoms with Crippen molar-refractivity contribution in [1.82, 2.24) is 0 Å². The third-order valence-corrected chi connectivity index (χ3v) is 13.9. The standard InChI is InChI=1S/C68H121NO8/c1-6-8-10-12-14-16-18-20-22-24-25-26-27-28-29-30-31-32-33-34-35-36-37-38-39-40-41-43-45-47-49-51-53-55-57-59-66(71)77-64(63-76-68(67(72)73)74-61-60-69(3,4)5)62-75-65(70)58-56-54-52-50-48-46-44-42-23-21-19-17-15-13-11-9-7-2/h8,10,14-17,20-23,25-26,64,68H,6-7,9,11-13,18-19,24,27-63H2,1-5H3/b10-8-,16-14-,17-15-,22-20-,23-21-,26-25-. The van der Waals surface area contributed by atoms with Gasteiger partial charge in [-0.1, -0.05) is 260 Å². The molecule has 0 heterocycles. The summed E-state index contributed by atoms with van der Waals surface area (Å²) < 4.78 is 22.7. The number of hydrogen-bond acceptors (Lipinski definition) is 8. The van der Waals surface area contributed by atoms with E-state index in [4.69, 9.17) is 18.9 Å². The number of carbonyl (C=O) groups is 3. The van der Waals surface area contributed by atoms with Crippen LogP contribution in [0.3, 0.4) is 0 Å². The minimum atomic E-state index is -1.62. The predicted molar refractivity (Wildman–Crippen MR) is 325 cm³/mol. The van der Waals surface area contributed by atoms with Gasteiger partial charge in [-0.25, -0.2) is 0 Å². The van der Waals surface area contributed by atoms with E-state index < -0.39 is 24.3 Å². The highest BCUT2D eigenvalue weighted by molar-refractivity contribution is 5.70. The maximum atomic E-state index is 12.9. The first-order valence-corrected chi connectivity index (χ1v) is 32.1. The fourth-order valence-electron chi connectivity index (χ4n) is 9.03. The summed E-state index contributed by atoms with van der Waals surface area (Å²) >= 11 is 0. The van der Waals surface area contributed by atoms with Crippen molar-refractivity contribution in [2.45, 2.75) is 296 Å². The van der Waals surface area contributed by atoms with Crippen LogP contribution >= 0.6 is 0 Å². The average molecular weight is 1080 g/mol. The van der Waals surface area contributed by atoms with Gasteiger partial charge in [-0.3, -0.25) is 9.59 Å². The molecular weight excluding hydrogens is 959 g/mol. The molecule has 0 amide bonds. The molecule has 0 aromatic rings. The monoisotopic (exact) mass is 1080 g/mol. The number of carboxylic acid groups (broad SMARTS) is 1. The maximum Gasteiger partial charge on any atom is 0.306 e. The van der Waals surface area contributed by atoms with Gasteiger partial charge in [0.05, 0.1) is 40.3 Å². The zero-order chi connectivity index (χ0) is 56.2. The third-order valence-electron chi connectivity index (χ3n) is 13.9. The number of ether oxygens (including phenoxy) is 4. The van der Waals surface area contributed by atoms with E-state index in [1.807, 2.05) is 21.1 Å². The van der Waals surface area contributed by atoms with Gasteiger partial charge in [0.1, 0.15) is 13.2 Å². The Balaban J connectivity index is 4.05. The van der Waals surface area contributed by atoms with Gasteiger partial charge in [0.25, 0.3) is 0 Å². The second kappa shape index (κ2) is 58.9. The highest BCUT2D eigenvalue weighted by atomic mass is 16.7. The summed E-state index contributed by atoms with van der Waals surface area (Å²) in [7, 11) is 5.93. The Morgan fingerprint density at radius 2 is 0.740 bits per heavy atom. The maximum absolute atomic E-state index is 12.9. The lowest BCUT2D eigenvalue weighted by Crippen LogP contribution is -2.44. The number of quaternary nitrogens is 1. The van der Waals surface area contributed by atoms with E-state index in [1.165, 1.54) is 173 Å². The Morgan fingerprint density at radius 3 is 1.10 bits per heavy atom. The second-order valence-electron chi connectivity index (χ2n) is 22.7. The Bertz CT molecular complexity index is 1490. The van der Waals surface area contributed by atoms with Crippen LogP contribution in [0.4, 0.5) is 0 Å². The summed E-state index contributed by atoms with van der Waals surface area (Å²) in [4.78, 5) is 37.3. The molecule has 0 saturated carbocycles. The number of nitrogens with zero attached hydrogens (tertiary/aromatic N) is 1. The molecule has 446 valence electrons. The van der Waals surface area contributed by atoms with Crippen molar-refractivity contribution >= 4 is 17.9 Å². The van der Waals surface area contributed by atoms with Crippen molar-refractivity contribution < 1.29 is 42.9 Å². The summed E-state index contributed by atoms with van der Waals surface area (Å²) in [5.74, 6) is -2.28. The lowest BCUT2D eigenvalue weighted by Gasteiger charge is -2.26. The van der Waals surface area contributed by atoms with Crippen LogP contribution in [0.15, 0.2) is 72.9 Å². The summed E-state index contributed by atoms with van der Waals surface area (Å²) in [6, 6.07) is 0. The van der Waals surface area contributed by atoms with Gasteiger partial charge in [0.15, 0.2) is 12.4 Å². The summed E-state index contributed by atoms with van der Waals surface area (Å²) in [6.45, 7) is 4.63. The predicted octanol–water partition coefficient (Wildman–Crippen LogP) is 18.0. The minimum absolute atomic E-state index is 0.146. The van der Waals surface area contributed by atoms with Crippen LogP contribution in [0.1, 0.15) is 284 Å². The molecule has 77 heavy (non-hydrogen) atoms. The zero-order valence-corrected chi connectivity index (χ0v) is 50.8. The molecule has 0 spiro atoms. The molecule has 0 rings (SSSR count). The first-order valence-electron chi connectivity index (χ1n) is 32.1. The van der Waals surface area contributed by atoms with Crippen molar-refractivity contribution in [2.24, 2.45) is 0 Å². The van der Waals surface area contributed by atoms with E-state index in [0.29, 0.717) is 17.4 Å². The molecule has 0 aliphatic rings. The van der Waals surface area contributed by atoms with E-state index in [-0.39, 0.29) is 38.6 Å². The van der Waals surface area contributed by atoms with Crippen LogP contribution in [-0.4, -0.2) is 82.3 Å². The van der Waals surface area contributed by atoms with E-state index in [2.05, 4.69) is 86.8 Å². The molecule has 2 unspecified atom stereocenters. The summed E-state index contributed by atoms with van der Waals surface area (Å²) in [5.41, 5.74) is 0. The third kappa shape index (κ3) is 60.2. The number of allylic oxidation sites excluding steroid dienone is 12. The van der Waals surface area contributed by atoms with Gasteiger partial charge in [0.2, 0.25) is 0 Å². The minimum Gasteiger partial charge on any atom is -0.545 e. The van der Waals surface area contributed by atoms with Crippen LogP contribution in [-0.2, 0) is 33.3 Å². The van der Waals surface area contributed by atoms with Gasteiger partial charge < -0.3 is 33.3 Å². The van der Waals surface area contributed by atoms with Crippen molar-refractivity contribution in [3.63, 3.8) is 0 Å². The van der Waals surface area contributed by atoms with Crippen LogP contribution < -0.4 is 5.11 Å². The number of rotatable bonds is 59. The molecule has 9 nitrogen and oxygen atoms in total. The molecule has 0 bridgehead atoms. The van der Waals surface area contributed by atoms with Crippen LogP contribution in [0.5, 0.6) is 0 Å². The van der Waals surface area contributed by atoms with Gasteiger partial charge >= 0.3 is 11.9 Å². The summed E-state index contributed by atoms with van der Waals surface area (Å²) in [5, 5.41) is 11.8. The topological polar surface area (TPSA) is 111 Å². The van der Waals surface area contributed by atoms with Gasteiger partial charge in [-0.05, 0) is 83.5 Å². The quantitative estimate of drug-likeness (QED) is 0.0195. The van der Waals surface area contributed by atoms with Gasteiger partial charge in [-0.15, -0.1) is 0 Å². The zero-order valence-electron chi connectivity index (χ0n) is 50.8. The fourth-order valence-corrected chi connectivity index (χ4v) is 9.03. The van der Waals surface area contributed by atoms with Gasteiger partial charge in [-0.2, -0.15) is 0 Å². The fraction of sp³-hybridized carbons (Fsp3) is 0.779. The SMILES string of the molecule is CC/C=C\C/C=C\C/C=C\C/C=C\CCCCCCCCCCCCCCCCCCCCCCCCC(=O)OC(COC(=O)CCCCCCCCC/C=C\C/C=C\CCCCC)COC(OCC[N+](C)(C)C)C(=O)[O-]. The molecular formula is C68H121NO8. The Kier molecular flexibility index (Phi) is 56.4. The molecule has 0 fully saturated rings. The molecule has 2 atom stereocenters. The normalized spacial score (nSPS) is 13.2. The van der Waals surface area contributed by atoms with Crippen molar-refractivity contribution in [3.05, 3.63) is 72.9 Å². The Labute approximate surface area is 475 Å². The number of unbranched alkanes of at least 4 members (excludes halogenated alkanes) is 32. The smallest absolute Gasteiger partial charge is 0.306 e. The lowest BCUT2D eigenvalue weighted by atomic mass is 10.0. The van der Waals surface area contributed by atoms with Crippen molar-refractivity contribution in [1.29, 1.82) is 0 Å². The molecule has 0 aromatic carbocycles. The molecule has 0 aromatic heterocycles. The summed E-state index contributed by atoms with van der Waals surface area (Å²) in [6.07, 6.45) is 74.0. The number of aliphatic carboxylic acids is 1. The van der Waals surface area contributed by atoms with E-state index in [1.54, 1.807) is 0 Å². The van der Waals surface area contributed by atoms with E-state index in [0.717, 1.165) is 77.0 Å². The van der Waals surface area contributed by atoms with Crippen LogP contribution in [0.25, 0.3) is 0 Å². The molecule has 0 N–H and O–H groups in total. The second-order valence-corrected chi connectivity index (χ2v) is 22.7. The first kappa shape index (κ1) is 73.7. The Hall–Kier alpha value is -3.27. The molecule has 0 radical (unpaired) electrons. The lowest BCUT2D eigenvalue weighted by molar-refractivity contribution is -0.870. The molecule has 0 saturated heterocycles. The largest absolute Gasteiger partial charge is 0.545 e. The van der Waals surface area contributed by atoms with Crippen LogP contribution in [0.2, 0.25) is 0 Å².